The van der Waals surface area contributed by atoms with Crippen LogP contribution in [0.5, 0.6) is 0 Å². The fourth-order valence-electron chi connectivity index (χ4n) is 0.331. The summed E-state index contributed by atoms with van der Waals surface area (Å²) >= 11 is 1.05. The largest absolute Gasteiger partial charge is 0.351 e. The lowest BCUT2D eigenvalue weighted by Gasteiger charge is -1.96. The summed E-state index contributed by atoms with van der Waals surface area (Å²) in [4.78, 5) is 20.6. The van der Waals surface area contributed by atoms with Crippen LogP contribution in [0.15, 0.2) is 0 Å². The molecule has 3 N–H and O–H groups in total. The number of thioether (sulfide) groups is 1. The van der Waals surface area contributed by atoms with Gasteiger partial charge in [-0.3, -0.25) is 10.1 Å². The van der Waals surface area contributed by atoms with E-state index in [1.165, 1.54) is 0 Å². The van der Waals surface area contributed by atoms with Crippen LogP contribution >= 0.6 is 11.8 Å². The topological polar surface area (TPSA) is 72.2 Å². The number of urea groups is 1. The molecule has 0 aliphatic rings. The number of carbonyl (C=O) groups excluding carboxylic acids is 2. The van der Waals surface area contributed by atoms with Crippen molar-refractivity contribution in [2.24, 2.45) is 5.73 Å². The van der Waals surface area contributed by atoms with Gasteiger partial charge in [0.1, 0.15) is 0 Å². The summed E-state index contributed by atoms with van der Waals surface area (Å²) in [5.74, 6) is 0.707. The highest BCUT2D eigenvalue weighted by atomic mass is 32.2. The summed E-state index contributed by atoms with van der Waals surface area (Å²) in [5, 5.41) is 1.56. The Morgan fingerprint density at radius 1 is 1.60 bits per heavy atom. The molecule has 0 aliphatic carbocycles. The molecule has 0 spiro atoms. The van der Waals surface area contributed by atoms with E-state index in [0.29, 0.717) is 5.75 Å². The van der Waals surface area contributed by atoms with Gasteiger partial charge >= 0.3 is 6.03 Å². The zero-order chi connectivity index (χ0) is 7.98. The van der Waals surface area contributed by atoms with E-state index in [4.69, 9.17) is 0 Å². The molecule has 0 rings (SSSR count). The molecule has 4 nitrogen and oxygen atoms in total. The van der Waals surface area contributed by atoms with Crippen LogP contribution in [0.1, 0.15) is 13.3 Å². The van der Waals surface area contributed by atoms with Crippen LogP contribution < -0.4 is 11.1 Å². The van der Waals surface area contributed by atoms with E-state index in [-0.39, 0.29) is 5.24 Å². The Kier molecular flexibility index (Phi) is 4.74. The van der Waals surface area contributed by atoms with Gasteiger partial charge < -0.3 is 5.73 Å². The minimum Gasteiger partial charge on any atom is -0.351 e. The minimum atomic E-state index is -0.798. The van der Waals surface area contributed by atoms with Gasteiger partial charge in [0.05, 0.1) is 0 Å². The van der Waals surface area contributed by atoms with Crippen LogP contribution in [0, 0.1) is 0 Å². The van der Waals surface area contributed by atoms with Crippen molar-refractivity contribution < 1.29 is 9.59 Å². The van der Waals surface area contributed by atoms with Gasteiger partial charge in [0, 0.05) is 5.75 Å². The molecule has 0 saturated heterocycles. The van der Waals surface area contributed by atoms with Crippen molar-refractivity contribution in [2.75, 3.05) is 5.75 Å². The summed E-state index contributed by atoms with van der Waals surface area (Å²) < 4.78 is 0. The number of nitrogens with two attached hydrogens (primary N) is 1. The second-order valence-corrected chi connectivity index (χ2v) is 2.69. The summed E-state index contributed by atoms with van der Waals surface area (Å²) in [6.07, 6.45) is 0.900. The molecule has 0 unspecified atom stereocenters. The van der Waals surface area contributed by atoms with E-state index < -0.39 is 6.03 Å². The highest BCUT2D eigenvalue weighted by Gasteiger charge is 2.01. The number of primary amides is 1. The Morgan fingerprint density at radius 3 is 2.60 bits per heavy atom. The van der Waals surface area contributed by atoms with Crippen molar-refractivity contribution >= 4 is 23.0 Å². The van der Waals surface area contributed by atoms with Crippen LogP contribution in [-0.4, -0.2) is 17.0 Å². The second-order valence-electron chi connectivity index (χ2n) is 1.63. The smallest absolute Gasteiger partial charge is 0.319 e. The molecule has 0 bridgehead atoms. The number of carbonyl (C=O) groups is 2. The average Bonchev–Trinajstić information content (AvgIpc) is 1.82. The number of imide groups is 1. The lowest BCUT2D eigenvalue weighted by molar-refractivity contribution is 0.242. The Morgan fingerprint density at radius 2 is 2.20 bits per heavy atom. The maximum Gasteiger partial charge on any atom is 0.319 e. The molecule has 0 saturated carbocycles. The first kappa shape index (κ1) is 9.29. The van der Waals surface area contributed by atoms with Crippen LogP contribution in [0.25, 0.3) is 0 Å². The third-order valence-corrected chi connectivity index (χ3v) is 1.64. The zero-order valence-corrected chi connectivity index (χ0v) is 6.53. The second kappa shape index (κ2) is 5.10. The van der Waals surface area contributed by atoms with Crippen molar-refractivity contribution in [3.63, 3.8) is 0 Å². The van der Waals surface area contributed by atoms with E-state index in [0.717, 1.165) is 18.2 Å². The molecule has 0 aromatic heterocycles. The molecular weight excluding hydrogens is 152 g/mol. The molecule has 0 aromatic rings. The third-order valence-electron chi connectivity index (χ3n) is 0.663. The molecule has 0 heterocycles. The van der Waals surface area contributed by atoms with Gasteiger partial charge in [-0.25, -0.2) is 4.79 Å². The number of hydrogen-bond donors (Lipinski definition) is 2. The standard InChI is InChI=1S/C5H10N2O2S/c1-2-3-10-5(9)7-4(6)8/h2-3H2,1H3,(H3,6,7,8,9). The van der Waals surface area contributed by atoms with E-state index in [1.54, 1.807) is 0 Å². The fraction of sp³-hybridized carbons (Fsp3) is 0.600. The highest BCUT2D eigenvalue weighted by molar-refractivity contribution is 8.13. The van der Waals surface area contributed by atoms with Gasteiger partial charge in [-0.15, -0.1) is 0 Å². The van der Waals surface area contributed by atoms with Gasteiger partial charge in [-0.2, -0.15) is 0 Å². The monoisotopic (exact) mass is 162 g/mol. The minimum absolute atomic E-state index is 0.380. The molecule has 0 aliphatic heterocycles. The summed E-state index contributed by atoms with van der Waals surface area (Å²) in [6.45, 7) is 1.95. The van der Waals surface area contributed by atoms with Crippen molar-refractivity contribution in [3.8, 4) is 0 Å². The van der Waals surface area contributed by atoms with Crippen molar-refractivity contribution in [1.29, 1.82) is 0 Å². The fourth-order valence-corrected chi connectivity index (χ4v) is 0.894. The molecule has 5 heteroatoms. The molecule has 58 valence electrons. The van der Waals surface area contributed by atoms with Crippen LogP contribution in [0.4, 0.5) is 9.59 Å². The first-order valence-corrected chi connectivity index (χ1v) is 3.88. The van der Waals surface area contributed by atoms with Crippen molar-refractivity contribution in [3.05, 3.63) is 0 Å². The van der Waals surface area contributed by atoms with E-state index in [1.807, 2.05) is 12.2 Å². The van der Waals surface area contributed by atoms with Crippen LogP contribution in [0.2, 0.25) is 0 Å². The Balaban J connectivity index is 3.35. The van der Waals surface area contributed by atoms with Gasteiger partial charge in [0.15, 0.2) is 0 Å². The van der Waals surface area contributed by atoms with Crippen molar-refractivity contribution in [1.82, 2.24) is 5.32 Å². The highest BCUT2D eigenvalue weighted by Crippen LogP contribution is 2.01. The molecular formula is C5H10N2O2S. The van der Waals surface area contributed by atoms with Gasteiger partial charge in [0.25, 0.3) is 5.24 Å². The first-order valence-electron chi connectivity index (χ1n) is 2.90. The quantitative estimate of drug-likeness (QED) is 0.634. The van der Waals surface area contributed by atoms with E-state index in [9.17, 15) is 9.59 Å². The Labute approximate surface area is 63.5 Å². The van der Waals surface area contributed by atoms with Gasteiger partial charge in [0.2, 0.25) is 0 Å². The molecule has 3 amide bonds. The molecule has 0 atom stereocenters. The maximum atomic E-state index is 10.6. The SMILES string of the molecule is CCCSC(=O)NC(N)=O. The zero-order valence-electron chi connectivity index (χ0n) is 5.72. The van der Waals surface area contributed by atoms with Crippen LogP contribution in [-0.2, 0) is 0 Å². The van der Waals surface area contributed by atoms with E-state index in [2.05, 4.69) is 5.73 Å². The van der Waals surface area contributed by atoms with Crippen molar-refractivity contribution in [2.45, 2.75) is 13.3 Å². The average molecular weight is 162 g/mol. The summed E-state index contributed by atoms with van der Waals surface area (Å²) in [5.41, 5.74) is 4.68. The predicted molar refractivity (Wildman–Crippen MR) is 40.9 cm³/mol. The van der Waals surface area contributed by atoms with E-state index >= 15 is 0 Å². The number of amides is 3. The maximum absolute atomic E-state index is 10.6. The molecule has 0 fully saturated rings. The lowest BCUT2D eigenvalue weighted by Crippen LogP contribution is -2.32. The summed E-state index contributed by atoms with van der Waals surface area (Å²) in [6, 6.07) is -0.798. The summed E-state index contributed by atoms with van der Waals surface area (Å²) in [7, 11) is 0. The van der Waals surface area contributed by atoms with Crippen LogP contribution in [0.3, 0.4) is 0 Å². The number of rotatable bonds is 2. The predicted octanol–water partition coefficient (Wildman–Crippen LogP) is 0.918. The Hall–Kier alpha value is -0.710. The Bertz CT molecular complexity index is 138. The normalized spacial score (nSPS) is 8.90. The molecule has 0 aromatic carbocycles. The lowest BCUT2D eigenvalue weighted by atomic mass is 10.6. The third kappa shape index (κ3) is 5.43. The molecule has 0 radical (unpaired) electrons. The van der Waals surface area contributed by atoms with Gasteiger partial charge in [-0.1, -0.05) is 18.7 Å². The van der Waals surface area contributed by atoms with Gasteiger partial charge in [-0.05, 0) is 6.42 Å². The molecule has 10 heavy (non-hydrogen) atoms. The number of nitrogens with one attached hydrogen (secondary N) is 1. The first-order chi connectivity index (χ1) is 4.66. The number of hydrogen-bond acceptors (Lipinski definition) is 3.